The number of allylic oxidation sites excluding steroid dienone is 6. The molecule has 0 bridgehead atoms. The molecular formula is C26H24F6N2O3. The van der Waals surface area contributed by atoms with Crippen molar-refractivity contribution in [3.8, 4) is 0 Å². The van der Waals surface area contributed by atoms with Crippen LogP contribution in [0, 0.1) is 5.92 Å². The molecule has 11 heteroatoms. The second-order valence-electron chi connectivity index (χ2n) is 9.02. The zero-order chi connectivity index (χ0) is 26.8. The van der Waals surface area contributed by atoms with Gasteiger partial charge in [-0.3, -0.25) is 14.5 Å². The van der Waals surface area contributed by atoms with Gasteiger partial charge in [-0.2, -0.15) is 26.3 Å². The molecule has 0 aromatic heterocycles. The standard InChI is InChI=1S/C26H24F6N2O3/c27-25(28,29)19-4-2-1-3-18(7-10-19)23-21(15-22(35)37-23)24(36)34-13-11-33(12-14-34)16-17-5-8-20(9-6-17)26(30,31)32/h1-10,21,23H,11-16H2/b2-1+,3-1?,4-2?,10-7-,18-3+,18-7?,19-4-,19-10?/t21-,23+/m0/s1. The largest absolute Gasteiger partial charge is 0.457 e. The number of carbonyl (C=O) groups excluding carboxylic acids is 2. The van der Waals surface area contributed by atoms with Gasteiger partial charge in [0.2, 0.25) is 5.91 Å². The van der Waals surface area contributed by atoms with E-state index in [4.69, 9.17) is 4.74 Å². The van der Waals surface area contributed by atoms with Crippen molar-refractivity contribution in [2.45, 2.75) is 31.4 Å². The number of ether oxygens (including phenoxy) is 1. The maximum absolute atomic E-state index is 13.3. The number of carbonyl (C=O) groups is 2. The van der Waals surface area contributed by atoms with Crippen LogP contribution in [-0.4, -0.2) is 60.1 Å². The summed E-state index contributed by atoms with van der Waals surface area (Å²) >= 11 is 0. The van der Waals surface area contributed by atoms with Crippen LogP contribution in [0.25, 0.3) is 0 Å². The van der Waals surface area contributed by atoms with Gasteiger partial charge >= 0.3 is 18.3 Å². The van der Waals surface area contributed by atoms with Crippen molar-refractivity contribution >= 4 is 11.9 Å². The molecule has 4 rings (SSSR count). The van der Waals surface area contributed by atoms with Gasteiger partial charge in [0.25, 0.3) is 0 Å². The smallest absolute Gasteiger partial charge is 0.416 e. The zero-order valence-corrected chi connectivity index (χ0v) is 19.6. The molecule has 1 amide bonds. The second-order valence-corrected chi connectivity index (χ2v) is 9.02. The summed E-state index contributed by atoms with van der Waals surface area (Å²) < 4.78 is 83.0. The first-order valence-electron chi connectivity index (χ1n) is 11.6. The Morgan fingerprint density at radius 1 is 0.892 bits per heavy atom. The van der Waals surface area contributed by atoms with Crippen LogP contribution in [0.15, 0.2) is 71.9 Å². The Hall–Kier alpha value is -3.34. The van der Waals surface area contributed by atoms with E-state index in [1.165, 1.54) is 36.4 Å². The highest BCUT2D eigenvalue weighted by Gasteiger charge is 2.43. The summed E-state index contributed by atoms with van der Waals surface area (Å²) in [6.07, 6.45) is -2.94. The van der Waals surface area contributed by atoms with Gasteiger partial charge in [0, 0.05) is 32.7 Å². The van der Waals surface area contributed by atoms with E-state index in [2.05, 4.69) is 0 Å². The van der Waals surface area contributed by atoms with Gasteiger partial charge in [0.1, 0.15) is 6.10 Å². The van der Waals surface area contributed by atoms with Crippen molar-refractivity contribution in [3.05, 3.63) is 83.0 Å². The van der Waals surface area contributed by atoms with Gasteiger partial charge in [0.15, 0.2) is 0 Å². The van der Waals surface area contributed by atoms with Crippen molar-refractivity contribution in [2.24, 2.45) is 5.92 Å². The van der Waals surface area contributed by atoms with Gasteiger partial charge in [-0.1, -0.05) is 42.5 Å². The second kappa shape index (κ2) is 10.6. The molecule has 1 aliphatic carbocycles. The highest BCUT2D eigenvalue weighted by Crippen LogP contribution is 2.33. The SMILES string of the molecule is O=C1C[C@H](C(=O)N2CCN(Cc3ccc(C(F)(F)F)cc3)CC2)[C@@H](C2=C/C=C/C=C(C(F)(F)F)/C=C\2)O1. The lowest BCUT2D eigenvalue weighted by atomic mass is 9.92. The molecule has 37 heavy (non-hydrogen) atoms. The zero-order valence-electron chi connectivity index (χ0n) is 19.6. The number of cyclic esters (lactones) is 1. The molecule has 3 aliphatic rings. The van der Waals surface area contributed by atoms with Crippen molar-refractivity contribution in [1.29, 1.82) is 0 Å². The summed E-state index contributed by atoms with van der Waals surface area (Å²) in [5.41, 5.74) is -0.585. The van der Waals surface area contributed by atoms with E-state index in [0.717, 1.165) is 24.3 Å². The minimum Gasteiger partial charge on any atom is -0.457 e. The van der Waals surface area contributed by atoms with E-state index >= 15 is 0 Å². The fourth-order valence-corrected chi connectivity index (χ4v) is 4.50. The van der Waals surface area contributed by atoms with Crippen LogP contribution in [-0.2, 0) is 27.0 Å². The molecule has 198 valence electrons. The van der Waals surface area contributed by atoms with Gasteiger partial charge in [-0.05, 0) is 29.3 Å². The van der Waals surface area contributed by atoms with Gasteiger partial charge in [-0.25, -0.2) is 0 Å². The van der Waals surface area contributed by atoms with Crippen LogP contribution in [0.2, 0.25) is 0 Å². The first-order chi connectivity index (χ1) is 17.4. The van der Waals surface area contributed by atoms with Crippen molar-refractivity contribution in [1.82, 2.24) is 9.80 Å². The number of alkyl halides is 6. The Bertz CT molecular complexity index is 1140. The Balaban J connectivity index is 1.38. The number of nitrogens with zero attached hydrogens (tertiary/aromatic N) is 2. The predicted octanol–water partition coefficient (Wildman–Crippen LogP) is 4.82. The molecule has 0 spiro atoms. The number of hydrogen-bond donors (Lipinski definition) is 0. The molecule has 2 aliphatic heterocycles. The highest BCUT2D eigenvalue weighted by molar-refractivity contribution is 5.88. The molecule has 0 unspecified atom stereocenters. The van der Waals surface area contributed by atoms with Crippen LogP contribution in [0.3, 0.4) is 0 Å². The van der Waals surface area contributed by atoms with Crippen molar-refractivity contribution < 1.29 is 40.7 Å². The first-order valence-corrected chi connectivity index (χ1v) is 11.6. The average Bonchev–Trinajstić information content (AvgIpc) is 3.19. The number of halogens is 6. The fraction of sp³-hybridized carbons (Fsp3) is 0.385. The molecular weight excluding hydrogens is 502 g/mol. The predicted molar refractivity (Wildman–Crippen MR) is 122 cm³/mol. The average molecular weight is 526 g/mol. The van der Waals surface area contributed by atoms with E-state index in [1.54, 1.807) is 4.90 Å². The Morgan fingerprint density at radius 3 is 2.16 bits per heavy atom. The molecule has 0 saturated carbocycles. The number of piperazine rings is 1. The maximum Gasteiger partial charge on any atom is 0.416 e. The molecule has 0 N–H and O–H groups in total. The number of esters is 1. The minimum atomic E-state index is -4.55. The van der Waals surface area contributed by atoms with Crippen molar-refractivity contribution in [2.75, 3.05) is 26.2 Å². The summed E-state index contributed by atoms with van der Waals surface area (Å²) in [5.74, 6) is -1.79. The molecule has 2 fully saturated rings. The number of benzene rings is 1. The van der Waals surface area contributed by atoms with Crippen LogP contribution in [0.5, 0.6) is 0 Å². The van der Waals surface area contributed by atoms with E-state index < -0.39 is 41.5 Å². The fourth-order valence-electron chi connectivity index (χ4n) is 4.50. The van der Waals surface area contributed by atoms with E-state index in [0.29, 0.717) is 38.3 Å². The Morgan fingerprint density at radius 2 is 1.54 bits per heavy atom. The topological polar surface area (TPSA) is 49.9 Å². The minimum absolute atomic E-state index is 0.174. The van der Waals surface area contributed by atoms with Crippen LogP contribution >= 0.6 is 0 Å². The van der Waals surface area contributed by atoms with Crippen LogP contribution < -0.4 is 0 Å². The number of hydrogen-bond acceptors (Lipinski definition) is 4. The summed E-state index contributed by atoms with van der Waals surface area (Å²) in [4.78, 5) is 29.0. The molecule has 2 saturated heterocycles. The lowest BCUT2D eigenvalue weighted by molar-refractivity contribution is -0.141. The van der Waals surface area contributed by atoms with Gasteiger partial charge in [-0.15, -0.1) is 0 Å². The van der Waals surface area contributed by atoms with E-state index in [1.807, 2.05) is 4.90 Å². The third kappa shape index (κ3) is 6.51. The van der Waals surface area contributed by atoms with E-state index in [9.17, 15) is 35.9 Å². The van der Waals surface area contributed by atoms with Crippen LogP contribution in [0.4, 0.5) is 26.3 Å². The summed E-state index contributed by atoms with van der Waals surface area (Å²) in [5, 5.41) is 0. The normalized spacial score (nSPS) is 27.8. The molecule has 0 radical (unpaired) electrons. The number of amides is 1. The molecule has 2 heterocycles. The number of rotatable bonds is 4. The van der Waals surface area contributed by atoms with Gasteiger partial charge < -0.3 is 9.64 Å². The summed E-state index contributed by atoms with van der Waals surface area (Å²) in [6.45, 7) is 2.06. The van der Waals surface area contributed by atoms with Gasteiger partial charge in [0.05, 0.1) is 23.5 Å². The lowest BCUT2D eigenvalue weighted by Gasteiger charge is -2.36. The van der Waals surface area contributed by atoms with Crippen LogP contribution in [0.1, 0.15) is 17.5 Å². The third-order valence-electron chi connectivity index (χ3n) is 6.49. The molecule has 1 aromatic carbocycles. The van der Waals surface area contributed by atoms with E-state index in [-0.39, 0.29) is 17.9 Å². The Labute approximate surface area is 209 Å². The van der Waals surface area contributed by atoms with Crippen molar-refractivity contribution in [3.63, 3.8) is 0 Å². The molecule has 2 atom stereocenters. The highest BCUT2D eigenvalue weighted by atomic mass is 19.4. The lowest BCUT2D eigenvalue weighted by Crippen LogP contribution is -2.51. The summed E-state index contributed by atoms with van der Waals surface area (Å²) in [6, 6.07) is 4.92. The Kier molecular flexibility index (Phi) is 7.63. The summed E-state index contributed by atoms with van der Waals surface area (Å²) in [7, 11) is 0. The first kappa shape index (κ1) is 26.7. The third-order valence-corrected chi connectivity index (χ3v) is 6.49. The monoisotopic (exact) mass is 526 g/mol. The maximum atomic E-state index is 13.3. The molecule has 5 nitrogen and oxygen atoms in total. The quantitative estimate of drug-likeness (QED) is 0.417. The molecule has 1 aromatic rings.